The molecule has 2 amide bonds. The Labute approximate surface area is 316 Å². The number of pyridine rings is 1. The van der Waals surface area contributed by atoms with Crippen LogP contribution in [0.25, 0.3) is 11.0 Å². The number of hydrogen-bond acceptors (Lipinski definition) is 9. The molecule has 3 aliphatic heterocycles. The molecule has 0 bridgehead atoms. The summed E-state index contributed by atoms with van der Waals surface area (Å²) in [6.07, 6.45) is 11.3. The number of halogens is 2. The third-order valence-electron chi connectivity index (χ3n) is 10.6. The van der Waals surface area contributed by atoms with Crippen LogP contribution < -0.4 is 4.90 Å². The number of hydrogen-bond donors (Lipinski definition) is 0. The molecule has 1 spiro atoms. The summed E-state index contributed by atoms with van der Waals surface area (Å²) in [5.41, 5.74) is 2.61. The maximum absolute atomic E-state index is 14.4. The van der Waals surface area contributed by atoms with E-state index in [1.54, 1.807) is 17.3 Å². The van der Waals surface area contributed by atoms with Crippen LogP contribution in [-0.2, 0) is 42.3 Å². The Kier molecular flexibility index (Phi) is 14.1. The van der Waals surface area contributed by atoms with Gasteiger partial charge < -0.3 is 28.6 Å². The molecule has 0 saturated carbocycles. The zero-order valence-corrected chi connectivity index (χ0v) is 31.3. The lowest BCUT2D eigenvalue weighted by Gasteiger charge is -2.38. The van der Waals surface area contributed by atoms with Crippen LogP contribution in [0.4, 0.5) is 10.1 Å². The molecular weight excluding hydrogens is 701 g/mol. The van der Waals surface area contributed by atoms with Gasteiger partial charge in [-0.1, -0.05) is 17.5 Å². The fourth-order valence-corrected chi connectivity index (χ4v) is 7.82. The van der Waals surface area contributed by atoms with Crippen molar-refractivity contribution >= 4 is 40.1 Å². The van der Waals surface area contributed by atoms with Crippen molar-refractivity contribution in [2.75, 3.05) is 104 Å². The van der Waals surface area contributed by atoms with E-state index in [1.807, 2.05) is 29.2 Å². The zero-order valence-electron chi connectivity index (χ0n) is 30.5. The SMILES string of the molecule is C#CCN1CCN(CCOCCOCCOCCC(=O)N2CCC3(CC2)C(=O)N(Cc2nc4cc(Cl)ccc4n2CCCCF)c2cnccc23)CC1. The number of aryl methyl sites for hydroxylation is 1. The second-order valence-corrected chi connectivity index (χ2v) is 14.3. The molecule has 0 radical (unpaired) electrons. The number of benzene rings is 1. The van der Waals surface area contributed by atoms with E-state index in [2.05, 4.69) is 25.3 Å². The number of aromatic nitrogens is 3. The molecule has 3 aromatic rings. The molecule has 286 valence electrons. The molecule has 0 unspecified atom stereocenters. The predicted octanol–water partition coefficient (Wildman–Crippen LogP) is 3.93. The van der Waals surface area contributed by atoms with Crippen molar-refractivity contribution in [2.45, 2.75) is 50.6 Å². The van der Waals surface area contributed by atoms with E-state index >= 15 is 0 Å². The third-order valence-corrected chi connectivity index (χ3v) is 10.9. The summed E-state index contributed by atoms with van der Waals surface area (Å²) in [5.74, 6) is 3.44. The van der Waals surface area contributed by atoms with Gasteiger partial charge in [0, 0.05) is 63.6 Å². The molecule has 14 heteroatoms. The van der Waals surface area contributed by atoms with Gasteiger partial charge >= 0.3 is 0 Å². The molecular formula is C39H51ClFN7O5. The molecule has 0 aliphatic carbocycles. The number of unbranched alkanes of at least 4 members (excludes halogenated alkanes) is 1. The number of amides is 2. The van der Waals surface area contributed by atoms with Gasteiger partial charge in [0.1, 0.15) is 5.82 Å². The highest BCUT2D eigenvalue weighted by molar-refractivity contribution is 6.31. The first-order valence-electron chi connectivity index (χ1n) is 18.8. The smallest absolute Gasteiger partial charge is 0.238 e. The maximum Gasteiger partial charge on any atom is 0.238 e. The Balaban J connectivity index is 0.916. The lowest BCUT2D eigenvalue weighted by molar-refractivity contribution is -0.136. The van der Waals surface area contributed by atoms with Gasteiger partial charge in [-0.2, -0.15) is 0 Å². The second-order valence-electron chi connectivity index (χ2n) is 13.9. The molecule has 2 aromatic heterocycles. The van der Waals surface area contributed by atoms with E-state index in [-0.39, 0.29) is 31.5 Å². The number of anilines is 1. The summed E-state index contributed by atoms with van der Waals surface area (Å²) in [4.78, 5) is 45.0. The predicted molar refractivity (Wildman–Crippen MR) is 202 cm³/mol. The van der Waals surface area contributed by atoms with Gasteiger partial charge in [0.2, 0.25) is 11.8 Å². The Morgan fingerprint density at radius 2 is 1.64 bits per heavy atom. The number of terminal acetylenes is 1. The minimum Gasteiger partial charge on any atom is -0.379 e. The average molecular weight is 752 g/mol. The summed E-state index contributed by atoms with van der Waals surface area (Å²) in [6.45, 7) is 9.93. The first-order valence-corrected chi connectivity index (χ1v) is 19.2. The lowest BCUT2D eigenvalue weighted by Crippen LogP contribution is -2.50. The van der Waals surface area contributed by atoms with Crippen molar-refractivity contribution in [3.63, 3.8) is 0 Å². The molecule has 2 saturated heterocycles. The summed E-state index contributed by atoms with van der Waals surface area (Å²) < 4.78 is 32.1. The highest BCUT2D eigenvalue weighted by Gasteiger charge is 2.52. The molecule has 0 N–H and O–H groups in total. The van der Waals surface area contributed by atoms with Crippen LogP contribution in [0, 0.1) is 12.3 Å². The molecule has 5 heterocycles. The largest absolute Gasteiger partial charge is 0.379 e. The highest BCUT2D eigenvalue weighted by atomic mass is 35.5. The Morgan fingerprint density at radius 1 is 0.925 bits per heavy atom. The Bertz CT molecular complexity index is 1720. The van der Waals surface area contributed by atoms with Crippen LogP contribution in [0.15, 0.2) is 36.7 Å². The monoisotopic (exact) mass is 751 g/mol. The molecule has 53 heavy (non-hydrogen) atoms. The number of likely N-dealkylation sites (tertiary alicyclic amines) is 1. The van der Waals surface area contributed by atoms with Crippen molar-refractivity contribution < 1.29 is 28.2 Å². The normalized spacial score (nSPS) is 17.6. The van der Waals surface area contributed by atoms with Crippen molar-refractivity contribution in [3.05, 3.63) is 53.1 Å². The zero-order chi connectivity index (χ0) is 37.0. The minimum atomic E-state index is -0.737. The van der Waals surface area contributed by atoms with Crippen LogP contribution in [-0.4, -0.2) is 140 Å². The third kappa shape index (κ3) is 9.54. The topological polar surface area (TPSA) is 106 Å². The molecule has 3 aliphatic rings. The second kappa shape index (κ2) is 19.1. The lowest BCUT2D eigenvalue weighted by atomic mass is 9.74. The van der Waals surface area contributed by atoms with Gasteiger partial charge in [-0.15, -0.1) is 6.42 Å². The van der Waals surface area contributed by atoms with Gasteiger partial charge in [-0.3, -0.25) is 28.8 Å². The molecule has 12 nitrogen and oxygen atoms in total. The van der Waals surface area contributed by atoms with Gasteiger partial charge in [0.15, 0.2) is 0 Å². The van der Waals surface area contributed by atoms with Crippen LogP contribution in [0.5, 0.6) is 0 Å². The molecule has 2 fully saturated rings. The van der Waals surface area contributed by atoms with E-state index in [9.17, 15) is 14.0 Å². The van der Waals surface area contributed by atoms with Crippen molar-refractivity contribution in [2.24, 2.45) is 0 Å². The number of ether oxygens (including phenoxy) is 3. The van der Waals surface area contributed by atoms with Crippen molar-refractivity contribution in [1.82, 2.24) is 29.2 Å². The van der Waals surface area contributed by atoms with Crippen LogP contribution in [0.1, 0.15) is 43.5 Å². The van der Waals surface area contributed by atoms with Crippen molar-refractivity contribution in [3.8, 4) is 12.3 Å². The van der Waals surface area contributed by atoms with Crippen molar-refractivity contribution in [1.29, 1.82) is 0 Å². The summed E-state index contributed by atoms with van der Waals surface area (Å²) in [6, 6.07) is 7.48. The van der Waals surface area contributed by atoms with Gasteiger partial charge in [0.25, 0.3) is 0 Å². The highest BCUT2D eigenvalue weighted by Crippen LogP contribution is 2.48. The van der Waals surface area contributed by atoms with Crippen LogP contribution in [0.3, 0.4) is 0 Å². The number of piperidine rings is 1. The first-order chi connectivity index (χ1) is 25.9. The number of imidazole rings is 1. The van der Waals surface area contributed by atoms with E-state index in [4.69, 9.17) is 37.2 Å². The number of nitrogens with zero attached hydrogens (tertiary/aromatic N) is 7. The number of piperazine rings is 1. The van der Waals surface area contributed by atoms with Gasteiger partial charge in [0.05, 0.1) is 94.2 Å². The molecule has 1 aromatic carbocycles. The maximum atomic E-state index is 14.4. The van der Waals surface area contributed by atoms with E-state index in [0.717, 1.165) is 61.6 Å². The number of alkyl halides is 1. The molecule has 0 atom stereocenters. The van der Waals surface area contributed by atoms with Gasteiger partial charge in [-0.25, -0.2) is 4.98 Å². The number of carbonyl (C=O) groups is 2. The Hall–Kier alpha value is -3.64. The average Bonchev–Trinajstić information content (AvgIpc) is 3.62. The van der Waals surface area contributed by atoms with E-state index in [0.29, 0.717) is 95.8 Å². The van der Waals surface area contributed by atoms with Gasteiger partial charge in [-0.05, 0) is 55.5 Å². The van der Waals surface area contributed by atoms with E-state index in [1.165, 1.54) is 0 Å². The quantitative estimate of drug-likeness (QED) is 0.133. The first kappa shape index (κ1) is 39.1. The number of carbonyl (C=O) groups excluding carboxylic acids is 2. The fraction of sp³-hybridized carbons (Fsp3) is 0.590. The van der Waals surface area contributed by atoms with Crippen LogP contribution in [0.2, 0.25) is 5.02 Å². The van der Waals surface area contributed by atoms with E-state index < -0.39 is 5.41 Å². The molecule has 6 rings (SSSR count). The Morgan fingerprint density at radius 3 is 2.38 bits per heavy atom. The summed E-state index contributed by atoms with van der Waals surface area (Å²) in [5, 5.41) is 0.580. The number of rotatable bonds is 19. The van der Waals surface area contributed by atoms with Crippen LogP contribution >= 0.6 is 11.6 Å². The fourth-order valence-electron chi connectivity index (χ4n) is 7.65. The standard InChI is InChI=1S/C39H51ClFN7O5/c1-2-13-44-17-19-45(20-18-44)21-23-52-25-27-53-26-24-51-22-8-37(49)46-15-9-39(10-16-46)32-7-12-42-29-35(32)48(38(39)50)30-36-43-33-28-31(40)5-6-34(33)47(36)14-4-3-11-41/h1,5-7,12,28-29H,3-4,8-11,13-27,30H2. The number of fused-ring (bicyclic) bond motifs is 3. The summed E-state index contributed by atoms with van der Waals surface area (Å²) >= 11 is 6.28. The minimum absolute atomic E-state index is 0.00296. The summed E-state index contributed by atoms with van der Waals surface area (Å²) in [7, 11) is 0.